The number of carbonyl (C=O) groups excluding carboxylic acids is 3. The van der Waals surface area contributed by atoms with Gasteiger partial charge in [0, 0.05) is 19.6 Å². The molecule has 0 aromatic rings. The van der Waals surface area contributed by atoms with Crippen LogP contribution in [0, 0.1) is 17.8 Å². The fourth-order valence-electron chi connectivity index (χ4n) is 4.91. The van der Waals surface area contributed by atoms with Gasteiger partial charge in [0.1, 0.15) is 5.60 Å². The molecule has 0 radical (unpaired) electrons. The van der Waals surface area contributed by atoms with Crippen LogP contribution >= 0.6 is 0 Å². The third kappa shape index (κ3) is 2.55. The molecule has 4 aliphatic heterocycles. The summed E-state index contributed by atoms with van der Waals surface area (Å²) in [5.41, 5.74) is -0.661. The van der Waals surface area contributed by atoms with Crippen LogP contribution < -0.4 is 5.32 Å². The first kappa shape index (κ1) is 17.5. The number of piperazine rings is 1. The van der Waals surface area contributed by atoms with Gasteiger partial charge in [-0.1, -0.05) is 38.8 Å². The lowest BCUT2D eigenvalue weighted by molar-refractivity contribution is -0.146. The van der Waals surface area contributed by atoms with Crippen LogP contribution in [-0.2, 0) is 19.1 Å². The van der Waals surface area contributed by atoms with E-state index < -0.39 is 17.4 Å². The monoisotopic (exact) mass is 361 g/mol. The van der Waals surface area contributed by atoms with Gasteiger partial charge >= 0.3 is 0 Å². The van der Waals surface area contributed by atoms with Crippen LogP contribution in [0.4, 0.5) is 0 Å². The molecule has 7 heteroatoms. The first-order chi connectivity index (χ1) is 12.5. The molecular formula is C19H27N3O4. The molecule has 2 bridgehead atoms. The van der Waals surface area contributed by atoms with Crippen molar-refractivity contribution in [3.8, 4) is 0 Å². The van der Waals surface area contributed by atoms with Crippen molar-refractivity contribution in [3.63, 3.8) is 0 Å². The minimum atomic E-state index is -0.661. The number of carbonyl (C=O) groups is 3. The zero-order chi connectivity index (χ0) is 18.5. The molecule has 1 N–H and O–H groups in total. The first-order valence-corrected chi connectivity index (χ1v) is 9.70. The largest absolute Gasteiger partial charge is 0.360 e. The van der Waals surface area contributed by atoms with Gasteiger partial charge in [0.15, 0.2) is 0 Å². The zero-order valence-electron chi connectivity index (χ0n) is 15.4. The summed E-state index contributed by atoms with van der Waals surface area (Å²) in [6.07, 6.45) is 5.62. The van der Waals surface area contributed by atoms with Crippen LogP contribution in [0.15, 0.2) is 12.2 Å². The Balaban J connectivity index is 1.55. The van der Waals surface area contributed by atoms with E-state index in [9.17, 15) is 14.4 Å². The highest BCUT2D eigenvalue weighted by Gasteiger charge is 2.67. The molecule has 0 aromatic heterocycles. The quantitative estimate of drug-likeness (QED) is 0.708. The molecule has 4 rings (SSSR count). The van der Waals surface area contributed by atoms with Gasteiger partial charge in [0.2, 0.25) is 17.7 Å². The molecule has 3 saturated heterocycles. The number of hydrogen-bond donors (Lipinski definition) is 1. The Morgan fingerprint density at radius 2 is 2.15 bits per heavy atom. The Bertz CT molecular complexity index is 659. The van der Waals surface area contributed by atoms with Crippen LogP contribution in [0.2, 0.25) is 0 Å². The van der Waals surface area contributed by atoms with E-state index in [1.165, 1.54) is 0 Å². The summed E-state index contributed by atoms with van der Waals surface area (Å²) in [6, 6.07) is 0. The molecular weight excluding hydrogens is 334 g/mol. The Hall–Kier alpha value is -1.89. The van der Waals surface area contributed by atoms with Crippen LogP contribution in [0.25, 0.3) is 0 Å². The van der Waals surface area contributed by atoms with Crippen molar-refractivity contribution >= 4 is 17.7 Å². The number of likely N-dealkylation sites (tertiary alicyclic amines) is 1. The fraction of sp³-hybridized carbons (Fsp3) is 0.737. The second-order valence-electron chi connectivity index (χ2n) is 7.91. The minimum absolute atomic E-state index is 0.0311. The zero-order valence-corrected chi connectivity index (χ0v) is 15.4. The van der Waals surface area contributed by atoms with E-state index in [4.69, 9.17) is 4.74 Å². The van der Waals surface area contributed by atoms with Crippen molar-refractivity contribution in [1.29, 1.82) is 0 Å². The second kappa shape index (κ2) is 6.37. The molecule has 7 nitrogen and oxygen atoms in total. The van der Waals surface area contributed by atoms with E-state index in [0.717, 1.165) is 19.4 Å². The third-order valence-corrected chi connectivity index (χ3v) is 6.45. The predicted octanol–water partition coefficient (Wildman–Crippen LogP) is 0.163. The number of amides is 3. The average molecular weight is 361 g/mol. The lowest BCUT2D eigenvalue weighted by atomic mass is 9.76. The summed E-state index contributed by atoms with van der Waals surface area (Å²) >= 11 is 0. The summed E-state index contributed by atoms with van der Waals surface area (Å²) in [5.74, 6) is -0.737. The maximum atomic E-state index is 13.2. The number of rotatable bonds is 5. The number of nitrogens with zero attached hydrogens (tertiary/aromatic N) is 2. The van der Waals surface area contributed by atoms with Crippen LogP contribution in [0.5, 0.6) is 0 Å². The number of hydrogen-bond acceptors (Lipinski definition) is 4. The van der Waals surface area contributed by atoms with Crippen molar-refractivity contribution in [2.24, 2.45) is 17.8 Å². The highest BCUT2D eigenvalue weighted by molar-refractivity contribution is 5.94. The van der Waals surface area contributed by atoms with Crippen molar-refractivity contribution in [1.82, 2.24) is 15.1 Å². The Morgan fingerprint density at radius 1 is 1.38 bits per heavy atom. The predicted molar refractivity (Wildman–Crippen MR) is 94.0 cm³/mol. The molecule has 1 spiro atoms. The average Bonchev–Trinajstić information content (AvgIpc) is 3.27. The van der Waals surface area contributed by atoms with Gasteiger partial charge in [-0.15, -0.1) is 0 Å². The second-order valence-corrected chi connectivity index (χ2v) is 7.91. The first-order valence-electron chi connectivity index (χ1n) is 9.70. The lowest BCUT2D eigenvalue weighted by Gasteiger charge is -2.32. The van der Waals surface area contributed by atoms with Crippen LogP contribution in [0.3, 0.4) is 0 Å². The van der Waals surface area contributed by atoms with Gasteiger partial charge in [-0.05, 0) is 5.92 Å². The summed E-state index contributed by atoms with van der Waals surface area (Å²) in [5, 5.41) is 2.73. The van der Waals surface area contributed by atoms with Crippen LogP contribution in [-0.4, -0.2) is 72.0 Å². The molecule has 0 aliphatic carbocycles. The highest BCUT2D eigenvalue weighted by atomic mass is 16.5. The molecule has 0 aromatic carbocycles. The SMILES string of the molecule is CCC(CC)CN1C[C@]23C=C[C@H](O2)[C@@H](C(=O)N2CCNC(=O)C2)[C@@H]3C1=O. The molecule has 4 heterocycles. The molecule has 4 atom stereocenters. The van der Waals surface area contributed by atoms with Gasteiger partial charge in [-0.25, -0.2) is 0 Å². The van der Waals surface area contributed by atoms with Gasteiger partial charge in [-0.2, -0.15) is 0 Å². The molecule has 0 saturated carbocycles. The van der Waals surface area contributed by atoms with E-state index in [1.807, 2.05) is 17.1 Å². The number of nitrogens with one attached hydrogen (secondary N) is 1. The molecule has 26 heavy (non-hydrogen) atoms. The van der Waals surface area contributed by atoms with Gasteiger partial charge in [0.25, 0.3) is 0 Å². The number of fused-ring (bicyclic) bond motifs is 1. The lowest BCUT2D eigenvalue weighted by Crippen LogP contribution is -2.54. The van der Waals surface area contributed by atoms with Gasteiger partial charge < -0.3 is 19.9 Å². The van der Waals surface area contributed by atoms with E-state index in [-0.39, 0.29) is 30.4 Å². The Kier molecular flexibility index (Phi) is 4.29. The number of ether oxygens (including phenoxy) is 1. The summed E-state index contributed by atoms with van der Waals surface area (Å²) in [6.45, 7) is 6.56. The Morgan fingerprint density at radius 3 is 2.85 bits per heavy atom. The highest BCUT2D eigenvalue weighted by Crippen LogP contribution is 2.52. The van der Waals surface area contributed by atoms with E-state index in [0.29, 0.717) is 25.6 Å². The molecule has 3 amide bonds. The minimum Gasteiger partial charge on any atom is -0.360 e. The van der Waals surface area contributed by atoms with E-state index >= 15 is 0 Å². The van der Waals surface area contributed by atoms with Gasteiger partial charge in [0.05, 0.1) is 31.0 Å². The van der Waals surface area contributed by atoms with Crippen molar-refractivity contribution in [2.75, 3.05) is 32.7 Å². The molecule has 142 valence electrons. The summed E-state index contributed by atoms with van der Waals surface area (Å²) < 4.78 is 6.16. The normalized spacial score (nSPS) is 35.4. The fourth-order valence-corrected chi connectivity index (χ4v) is 4.91. The van der Waals surface area contributed by atoms with Gasteiger partial charge in [-0.3, -0.25) is 14.4 Å². The maximum Gasteiger partial charge on any atom is 0.239 e. The van der Waals surface area contributed by atoms with Crippen molar-refractivity contribution in [3.05, 3.63) is 12.2 Å². The van der Waals surface area contributed by atoms with Crippen molar-refractivity contribution in [2.45, 2.75) is 38.4 Å². The smallest absolute Gasteiger partial charge is 0.239 e. The third-order valence-electron chi connectivity index (χ3n) is 6.45. The molecule has 0 unspecified atom stereocenters. The van der Waals surface area contributed by atoms with E-state index in [2.05, 4.69) is 19.2 Å². The summed E-state index contributed by atoms with van der Waals surface area (Å²) in [4.78, 5) is 41.4. The standard InChI is InChI=1S/C19H27N3O4/c1-3-12(4-2)9-22-11-19-6-5-13(26-19)15(16(19)18(22)25)17(24)21-8-7-20-14(23)10-21/h5-6,12-13,15-16H,3-4,7-11H2,1-2H3,(H,20,23)/t13-,15+,16+,19-/m0/s1. The molecule has 3 fully saturated rings. The summed E-state index contributed by atoms with van der Waals surface area (Å²) in [7, 11) is 0. The Labute approximate surface area is 153 Å². The van der Waals surface area contributed by atoms with Crippen LogP contribution in [0.1, 0.15) is 26.7 Å². The van der Waals surface area contributed by atoms with E-state index in [1.54, 1.807) is 4.90 Å². The molecule has 4 aliphatic rings. The van der Waals surface area contributed by atoms with Crippen molar-refractivity contribution < 1.29 is 19.1 Å². The maximum absolute atomic E-state index is 13.2. The topological polar surface area (TPSA) is 79.0 Å².